The number of rotatable bonds is 3. The summed E-state index contributed by atoms with van der Waals surface area (Å²) in [5.74, 6) is -0.214. The number of allylic oxidation sites excluding steroid dienone is 4. The van der Waals surface area contributed by atoms with Gasteiger partial charge in [0.05, 0.1) is 15.1 Å². The first kappa shape index (κ1) is 14.9. The van der Waals surface area contributed by atoms with Crippen molar-refractivity contribution in [3.05, 3.63) is 52.5 Å². The third kappa shape index (κ3) is 3.32. The van der Waals surface area contributed by atoms with Crippen LogP contribution in [0.1, 0.15) is 12.5 Å². The second-order valence-corrected chi connectivity index (χ2v) is 6.64. The lowest BCUT2D eigenvalue weighted by molar-refractivity contribution is -0.110. The van der Waals surface area contributed by atoms with E-state index in [-0.39, 0.29) is 20.9 Å². The molecule has 0 aromatic heterocycles. The maximum absolute atomic E-state index is 12.1. The van der Waals surface area contributed by atoms with Crippen LogP contribution in [0, 0.1) is 0 Å². The van der Waals surface area contributed by atoms with Gasteiger partial charge in [0.2, 0.25) is 0 Å². The molecule has 0 radical (unpaired) electrons. The van der Waals surface area contributed by atoms with Gasteiger partial charge in [-0.2, -0.15) is 12.8 Å². The van der Waals surface area contributed by atoms with Gasteiger partial charge in [0.25, 0.3) is 10.0 Å². The average molecular weight is 354 g/mol. The van der Waals surface area contributed by atoms with Crippen LogP contribution < -0.4 is 0 Å². The largest absolute Gasteiger partial charge is 0.289 e. The topological polar surface area (TPSA) is 63.6 Å². The summed E-state index contributed by atoms with van der Waals surface area (Å²) in [4.78, 5) is 11.4. The van der Waals surface area contributed by atoms with Crippen LogP contribution >= 0.6 is 15.9 Å². The molecule has 0 amide bonds. The second kappa shape index (κ2) is 5.85. The Bertz CT molecular complexity index is 728. The highest BCUT2D eigenvalue weighted by Gasteiger charge is 2.15. The van der Waals surface area contributed by atoms with Gasteiger partial charge < -0.3 is 0 Å². The molecule has 4 nitrogen and oxygen atoms in total. The third-order valence-corrected chi connectivity index (χ3v) is 4.71. The van der Waals surface area contributed by atoms with Gasteiger partial charge in [0.15, 0.2) is 5.78 Å². The van der Waals surface area contributed by atoms with Crippen LogP contribution in [0.2, 0.25) is 0 Å². The third-order valence-electron chi connectivity index (χ3n) is 2.77. The van der Waals surface area contributed by atoms with E-state index in [4.69, 9.17) is 0 Å². The predicted octanol–water partition coefficient (Wildman–Crippen LogP) is 2.80. The molecule has 6 heteroatoms. The summed E-state index contributed by atoms with van der Waals surface area (Å²) in [6.07, 6.45) is 4.89. The van der Waals surface area contributed by atoms with Crippen LogP contribution in [0.15, 0.2) is 56.3 Å². The van der Waals surface area contributed by atoms with Crippen molar-refractivity contribution in [2.24, 2.45) is 4.40 Å². The fraction of sp³-hybridized carbons (Fsp3) is 0.143. The summed E-state index contributed by atoms with van der Waals surface area (Å²) in [6, 6.07) is 6.60. The number of ketones is 1. The minimum atomic E-state index is -3.77. The molecule has 0 N–H and O–H groups in total. The van der Waals surface area contributed by atoms with E-state index in [2.05, 4.69) is 20.3 Å². The van der Waals surface area contributed by atoms with E-state index >= 15 is 0 Å². The van der Waals surface area contributed by atoms with Crippen molar-refractivity contribution in [2.75, 3.05) is 0 Å². The van der Waals surface area contributed by atoms with Crippen LogP contribution in [-0.2, 0) is 21.2 Å². The normalized spacial score (nSPS) is 17.4. The lowest BCUT2D eigenvalue weighted by atomic mass is 10.2. The Hall–Kier alpha value is -1.53. The highest BCUT2D eigenvalue weighted by Crippen LogP contribution is 2.17. The van der Waals surface area contributed by atoms with Crippen LogP contribution in [0.25, 0.3) is 0 Å². The molecule has 0 heterocycles. The van der Waals surface area contributed by atoms with Gasteiger partial charge in [-0.25, -0.2) is 0 Å². The fourth-order valence-electron chi connectivity index (χ4n) is 1.64. The molecule has 0 aliphatic heterocycles. The zero-order chi connectivity index (χ0) is 14.8. The Morgan fingerprint density at radius 1 is 1.15 bits per heavy atom. The Balaban J connectivity index is 2.36. The molecule has 20 heavy (non-hydrogen) atoms. The number of halogens is 1. The van der Waals surface area contributed by atoms with Crippen molar-refractivity contribution in [3.63, 3.8) is 0 Å². The monoisotopic (exact) mass is 353 g/mol. The molecule has 104 valence electrons. The number of aryl methyl sites for hydroxylation is 1. The van der Waals surface area contributed by atoms with E-state index in [0.717, 1.165) is 12.0 Å². The first-order valence-electron chi connectivity index (χ1n) is 5.96. The molecular formula is C14H12BrNO3S. The number of sulfonamides is 1. The molecule has 1 aromatic carbocycles. The van der Waals surface area contributed by atoms with E-state index < -0.39 is 10.0 Å². The summed E-state index contributed by atoms with van der Waals surface area (Å²) in [6.45, 7) is 2.00. The van der Waals surface area contributed by atoms with E-state index in [1.807, 2.05) is 6.92 Å². The SMILES string of the molecule is CCc1ccc(S(=O)(=O)/N=C2/C=CC(=O)C(Br)=C2)cc1. The molecule has 1 aliphatic carbocycles. The summed E-state index contributed by atoms with van der Waals surface area (Å²) in [5.41, 5.74) is 1.28. The van der Waals surface area contributed by atoms with Gasteiger partial charge in [-0.15, -0.1) is 0 Å². The van der Waals surface area contributed by atoms with Crippen molar-refractivity contribution in [2.45, 2.75) is 18.2 Å². The number of hydrogen-bond acceptors (Lipinski definition) is 3. The molecule has 0 spiro atoms. The lowest BCUT2D eigenvalue weighted by Crippen LogP contribution is -2.07. The first-order chi connectivity index (χ1) is 9.42. The predicted molar refractivity (Wildman–Crippen MR) is 81.6 cm³/mol. The summed E-state index contributed by atoms with van der Waals surface area (Å²) < 4.78 is 28.3. The summed E-state index contributed by atoms with van der Waals surface area (Å²) in [7, 11) is -3.77. The van der Waals surface area contributed by atoms with Gasteiger partial charge in [-0.3, -0.25) is 4.79 Å². The Labute approximate surface area is 126 Å². The van der Waals surface area contributed by atoms with Crippen molar-refractivity contribution < 1.29 is 13.2 Å². The Morgan fingerprint density at radius 3 is 2.35 bits per heavy atom. The van der Waals surface area contributed by atoms with Crippen molar-refractivity contribution in [1.29, 1.82) is 0 Å². The van der Waals surface area contributed by atoms with E-state index in [0.29, 0.717) is 0 Å². The second-order valence-electron chi connectivity index (χ2n) is 4.18. The molecule has 1 aromatic rings. The summed E-state index contributed by atoms with van der Waals surface area (Å²) in [5, 5.41) is 0. The highest BCUT2D eigenvalue weighted by molar-refractivity contribution is 9.12. The molecule has 0 fully saturated rings. The molecule has 0 atom stereocenters. The van der Waals surface area contributed by atoms with Gasteiger partial charge in [0.1, 0.15) is 0 Å². The molecule has 0 bridgehead atoms. The van der Waals surface area contributed by atoms with Gasteiger partial charge in [0, 0.05) is 0 Å². The zero-order valence-corrected chi connectivity index (χ0v) is 13.1. The summed E-state index contributed by atoms with van der Waals surface area (Å²) >= 11 is 3.06. The quantitative estimate of drug-likeness (QED) is 0.784. The number of carbonyl (C=O) groups is 1. The van der Waals surface area contributed by atoms with Crippen molar-refractivity contribution in [1.82, 2.24) is 0 Å². The molecule has 0 saturated carbocycles. The molecular weight excluding hydrogens is 342 g/mol. The van der Waals surface area contributed by atoms with Gasteiger partial charge in [-0.1, -0.05) is 19.1 Å². The minimum Gasteiger partial charge on any atom is -0.289 e. The number of benzene rings is 1. The minimum absolute atomic E-state index is 0.136. The van der Waals surface area contributed by atoms with E-state index in [1.54, 1.807) is 12.1 Å². The zero-order valence-electron chi connectivity index (χ0n) is 10.7. The molecule has 2 rings (SSSR count). The highest BCUT2D eigenvalue weighted by atomic mass is 79.9. The van der Waals surface area contributed by atoms with Crippen LogP contribution in [0.4, 0.5) is 0 Å². The number of hydrogen-bond donors (Lipinski definition) is 0. The van der Waals surface area contributed by atoms with E-state index in [9.17, 15) is 13.2 Å². The lowest BCUT2D eigenvalue weighted by Gasteiger charge is -2.04. The average Bonchev–Trinajstić information content (AvgIpc) is 2.43. The Kier molecular flexibility index (Phi) is 4.35. The number of carbonyl (C=O) groups excluding carboxylic acids is 1. The Morgan fingerprint density at radius 2 is 1.80 bits per heavy atom. The van der Waals surface area contributed by atoms with Crippen molar-refractivity contribution in [3.8, 4) is 0 Å². The maximum Gasteiger partial charge on any atom is 0.282 e. The van der Waals surface area contributed by atoms with Crippen LogP contribution in [0.5, 0.6) is 0 Å². The smallest absolute Gasteiger partial charge is 0.282 e. The first-order valence-corrected chi connectivity index (χ1v) is 8.19. The van der Waals surface area contributed by atoms with Crippen LogP contribution in [-0.4, -0.2) is 19.9 Å². The standard InChI is InChI=1S/C14H12BrNO3S/c1-2-10-3-6-12(7-4-10)20(18,19)16-11-5-8-14(17)13(15)9-11/h3-9H,2H2,1H3/b16-11-. The van der Waals surface area contributed by atoms with Crippen LogP contribution in [0.3, 0.4) is 0 Å². The maximum atomic E-state index is 12.1. The molecule has 0 unspecified atom stereocenters. The molecule has 0 saturated heterocycles. The fourth-order valence-corrected chi connectivity index (χ4v) is 2.98. The van der Waals surface area contributed by atoms with E-state index in [1.165, 1.54) is 30.4 Å². The van der Waals surface area contributed by atoms with Gasteiger partial charge >= 0.3 is 0 Å². The molecule has 1 aliphatic rings. The number of nitrogens with zero attached hydrogens (tertiary/aromatic N) is 1. The van der Waals surface area contributed by atoms with Crippen molar-refractivity contribution >= 4 is 37.4 Å². The van der Waals surface area contributed by atoms with Gasteiger partial charge in [-0.05, 0) is 58.3 Å².